The molecular weight excluding hydrogens is 256 g/mol. The third-order valence-electron chi connectivity index (χ3n) is 2.79. The Balaban J connectivity index is 2.14. The van der Waals surface area contributed by atoms with Crippen LogP contribution in [0.5, 0.6) is 0 Å². The Morgan fingerprint density at radius 3 is 1.31 bits per heavy atom. The highest BCUT2D eigenvalue weighted by Crippen LogP contribution is 2.60. The van der Waals surface area contributed by atoms with Crippen LogP contribution in [0.15, 0.2) is 0 Å². The van der Waals surface area contributed by atoms with E-state index in [-0.39, 0.29) is 0 Å². The van der Waals surface area contributed by atoms with Crippen LogP contribution >= 0.6 is 23.5 Å². The lowest BCUT2D eigenvalue weighted by Gasteiger charge is -2.30. The molecule has 0 spiro atoms. The number of hydrogen-bond donors (Lipinski definition) is 4. The van der Waals surface area contributed by atoms with E-state index in [2.05, 4.69) is 0 Å². The van der Waals surface area contributed by atoms with Crippen molar-refractivity contribution in [3.63, 3.8) is 0 Å². The first-order valence-electron chi connectivity index (χ1n) is 4.62. The summed E-state index contributed by atoms with van der Waals surface area (Å²) < 4.78 is 10.2. The van der Waals surface area contributed by atoms with Crippen molar-refractivity contribution in [2.24, 2.45) is 0 Å². The SMILES string of the molecule is CO[C@@H]([C@H](OC)[C@@]1(O)SC1O)[C@@]1(O)SC1O. The summed E-state index contributed by atoms with van der Waals surface area (Å²) in [7, 11) is 2.70. The minimum atomic E-state index is -1.48. The monoisotopic (exact) mass is 270 g/mol. The van der Waals surface area contributed by atoms with E-state index >= 15 is 0 Å². The van der Waals surface area contributed by atoms with Crippen molar-refractivity contribution >= 4 is 23.5 Å². The van der Waals surface area contributed by atoms with Gasteiger partial charge in [-0.1, -0.05) is 23.5 Å². The molecule has 4 N–H and O–H groups in total. The molecule has 94 valence electrons. The molecule has 8 heteroatoms. The van der Waals surface area contributed by atoms with Crippen molar-refractivity contribution in [3.8, 4) is 0 Å². The molecule has 0 amide bonds. The van der Waals surface area contributed by atoms with Crippen LogP contribution < -0.4 is 0 Å². The zero-order chi connectivity index (χ0) is 12.1. The Kier molecular flexibility index (Phi) is 3.22. The highest BCUT2D eigenvalue weighted by molar-refractivity contribution is 8.08. The maximum absolute atomic E-state index is 9.94. The van der Waals surface area contributed by atoms with E-state index in [9.17, 15) is 20.4 Å². The standard InChI is InChI=1S/C8H14O6S2/c1-13-3(7(11)5(9)15-7)4(14-2)8(12)6(10)16-8/h3-6,9-12H,1-2H3/t3-,4-,5?,6?,7+,8+/m0/s1. The number of aliphatic hydroxyl groups is 4. The molecular formula is C8H14O6S2. The topological polar surface area (TPSA) is 99.4 Å². The van der Waals surface area contributed by atoms with Crippen LogP contribution in [0.3, 0.4) is 0 Å². The van der Waals surface area contributed by atoms with Gasteiger partial charge in [0.15, 0.2) is 9.87 Å². The molecule has 6 atom stereocenters. The zero-order valence-electron chi connectivity index (χ0n) is 8.73. The third-order valence-corrected chi connectivity index (χ3v) is 5.12. The Labute approximate surface area is 101 Å². The molecule has 2 saturated heterocycles. The molecule has 2 aliphatic heterocycles. The molecule has 0 aromatic carbocycles. The van der Waals surface area contributed by atoms with Gasteiger partial charge >= 0.3 is 0 Å². The molecule has 6 nitrogen and oxygen atoms in total. The summed E-state index contributed by atoms with van der Waals surface area (Å²) in [6.45, 7) is 0. The van der Waals surface area contributed by atoms with Gasteiger partial charge in [-0.2, -0.15) is 0 Å². The van der Waals surface area contributed by atoms with Crippen molar-refractivity contribution in [3.05, 3.63) is 0 Å². The number of rotatable bonds is 5. The largest absolute Gasteiger partial charge is 0.378 e. The van der Waals surface area contributed by atoms with E-state index in [1.165, 1.54) is 14.2 Å². The molecule has 0 aromatic heterocycles. The van der Waals surface area contributed by atoms with E-state index in [1.807, 2.05) is 0 Å². The summed E-state index contributed by atoms with van der Waals surface area (Å²) in [6.07, 6.45) is -1.82. The summed E-state index contributed by atoms with van der Waals surface area (Å²) in [4.78, 5) is -2.96. The van der Waals surface area contributed by atoms with Crippen molar-refractivity contribution in [1.29, 1.82) is 0 Å². The fraction of sp³-hybridized carbons (Fsp3) is 1.00. The number of hydrogen-bond acceptors (Lipinski definition) is 8. The summed E-state index contributed by atoms with van der Waals surface area (Å²) >= 11 is 1.84. The maximum Gasteiger partial charge on any atom is 0.177 e. The Hall–Kier alpha value is 0.460. The lowest BCUT2D eigenvalue weighted by molar-refractivity contribution is -0.154. The number of ether oxygens (including phenoxy) is 2. The van der Waals surface area contributed by atoms with Gasteiger partial charge in [0, 0.05) is 14.2 Å². The predicted molar refractivity (Wildman–Crippen MR) is 58.7 cm³/mol. The Morgan fingerprint density at radius 2 is 1.19 bits per heavy atom. The maximum atomic E-state index is 9.94. The van der Waals surface area contributed by atoms with Gasteiger partial charge in [0.25, 0.3) is 0 Å². The van der Waals surface area contributed by atoms with Crippen molar-refractivity contribution in [2.75, 3.05) is 14.2 Å². The Bertz CT molecular complexity index is 264. The average Bonchev–Trinajstić information content (AvgIpc) is 3.02. The van der Waals surface area contributed by atoms with Gasteiger partial charge in [0.1, 0.15) is 23.1 Å². The van der Waals surface area contributed by atoms with E-state index in [0.29, 0.717) is 0 Å². The van der Waals surface area contributed by atoms with E-state index in [1.54, 1.807) is 0 Å². The van der Waals surface area contributed by atoms with Crippen LogP contribution in [-0.2, 0) is 9.47 Å². The second-order valence-corrected chi connectivity index (χ2v) is 6.43. The second-order valence-electron chi connectivity index (χ2n) is 3.76. The summed E-state index contributed by atoms with van der Waals surface area (Å²) in [5.41, 5.74) is -1.92. The minimum absolute atomic E-state index is 0.910. The van der Waals surface area contributed by atoms with Crippen LogP contribution in [0.2, 0.25) is 0 Å². The van der Waals surface area contributed by atoms with E-state index < -0.39 is 32.9 Å². The molecule has 0 aliphatic carbocycles. The minimum Gasteiger partial charge on any atom is -0.378 e. The quantitative estimate of drug-likeness (QED) is 0.449. The molecule has 16 heavy (non-hydrogen) atoms. The van der Waals surface area contributed by atoms with Gasteiger partial charge in [-0.25, -0.2) is 0 Å². The van der Waals surface area contributed by atoms with Gasteiger partial charge in [-0.3, -0.25) is 0 Å². The van der Waals surface area contributed by atoms with E-state index in [4.69, 9.17) is 9.47 Å². The zero-order valence-corrected chi connectivity index (χ0v) is 10.4. The van der Waals surface area contributed by atoms with Crippen LogP contribution in [0.1, 0.15) is 0 Å². The van der Waals surface area contributed by atoms with Crippen LogP contribution in [0.4, 0.5) is 0 Å². The normalized spacial score (nSPS) is 49.9. The molecule has 2 rings (SSSR count). The fourth-order valence-electron chi connectivity index (χ4n) is 1.72. The molecule has 0 radical (unpaired) electrons. The van der Waals surface area contributed by atoms with Gasteiger partial charge in [-0.05, 0) is 0 Å². The van der Waals surface area contributed by atoms with Crippen molar-refractivity contribution < 1.29 is 29.9 Å². The molecule has 2 unspecified atom stereocenters. The smallest absolute Gasteiger partial charge is 0.177 e. The second kappa shape index (κ2) is 3.99. The predicted octanol–water partition coefficient (Wildman–Crippen LogP) is -1.48. The first-order valence-corrected chi connectivity index (χ1v) is 6.38. The number of thioether (sulfide) groups is 2. The van der Waals surface area contributed by atoms with E-state index in [0.717, 1.165) is 23.5 Å². The van der Waals surface area contributed by atoms with Crippen molar-refractivity contribution in [2.45, 2.75) is 32.9 Å². The third kappa shape index (κ3) is 1.77. The lowest BCUT2D eigenvalue weighted by atomic mass is 10.0. The molecule has 0 saturated carbocycles. The Morgan fingerprint density at radius 1 is 0.938 bits per heavy atom. The molecule has 0 aromatic rings. The molecule has 2 heterocycles. The number of aliphatic hydroxyl groups excluding tert-OH is 2. The highest BCUT2D eigenvalue weighted by atomic mass is 32.2. The summed E-state index contributed by atoms with van der Waals surface area (Å²) in [5, 5.41) is 38.5. The highest BCUT2D eigenvalue weighted by Gasteiger charge is 2.70. The van der Waals surface area contributed by atoms with Gasteiger partial charge in [0.2, 0.25) is 0 Å². The first kappa shape index (κ1) is 12.9. The van der Waals surface area contributed by atoms with Crippen LogP contribution in [0.25, 0.3) is 0 Å². The first-order chi connectivity index (χ1) is 7.40. The van der Waals surface area contributed by atoms with Crippen LogP contribution in [0, 0.1) is 0 Å². The lowest BCUT2D eigenvalue weighted by Crippen LogP contribution is -2.51. The summed E-state index contributed by atoms with van der Waals surface area (Å²) in [5.74, 6) is 0. The average molecular weight is 270 g/mol. The molecule has 0 bridgehead atoms. The van der Waals surface area contributed by atoms with Crippen molar-refractivity contribution in [1.82, 2.24) is 0 Å². The molecule has 2 fully saturated rings. The molecule has 2 aliphatic rings. The fourth-order valence-corrected chi connectivity index (χ4v) is 3.28. The number of methoxy groups -OCH3 is 2. The van der Waals surface area contributed by atoms with Crippen LogP contribution in [-0.4, -0.2) is 67.6 Å². The van der Waals surface area contributed by atoms with Gasteiger partial charge < -0.3 is 29.9 Å². The van der Waals surface area contributed by atoms with Gasteiger partial charge in [0.05, 0.1) is 0 Å². The summed E-state index contributed by atoms with van der Waals surface area (Å²) in [6, 6.07) is 0. The van der Waals surface area contributed by atoms with Gasteiger partial charge in [-0.15, -0.1) is 0 Å².